The van der Waals surface area contributed by atoms with E-state index in [4.69, 9.17) is 0 Å². The molecule has 3 heteroatoms. The van der Waals surface area contributed by atoms with E-state index in [9.17, 15) is 0 Å². The molecule has 0 amide bonds. The number of fused-ring (bicyclic) bond motifs is 1. The van der Waals surface area contributed by atoms with Crippen molar-refractivity contribution in [1.82, 2.24) is 4.90 Å². The fourth-order valence-corrected chi connectivity index (χ4v) is 8.12. The predicted octanol–water partition coefficient (Wildman–Crippen LogP) is 6.98. The molecule has 1 saturated carbocycles. The van der Waals surface area contributed by atoms with Gasteiger partial charge in [-0.1, -0.05) is 62.7 Å². The van der Waals surface area contributed by atoms with Crippen molar-refractivity contribution in [3.05, 3.63) is 82.5 Å². The van der Waals surface area contributed by atoms with Gasteiger partial charge in [0.25, 0.3) is 0 Å². The van der Waals surface area contributed by atoms with Crippen LogP contribution in [0.1, 0.15) is 68.7 Å². The third-order valence-electron chi connectivity index (χ3n) is 7.99. The first-order chi connectivity index (χ1) is 16.2. The van der Waals surface area contributed by atoms with Gasteiger partial charge in [-0.05, 0) is 49.3 Å². The number of para-hydroxylation sites is 1. The van der Waals surface area contributed by atoms with E-state index < -0.39 is 0 Å². The molecule has 6 rings (SSSR count). The van der Waals surface area contributed by atoms with Gasteiger partial charge in [-0.2, -0.15) is 4.57 Å². The highest BCUT2D eigenvalue weighted by Gasteiger charge is 2.46. The van der Waals surface area contributed by atoms with E-state index in [-0.39, 0.29) is 0 Å². The van der Waals surface area contributed by atoms with Gasteiger partial charge in [-0.3, -0.25) is 0 Å². The average molecular weight is 456 g/mol. The summed E-state index contributed by atoms with van der Waals surface area (Å²) in [6.07, 6.45) is 9.59. The lowest BCUT2D eigenvalue weighted by Crippen LogP contribution is -2.46. The molecule has 0 spiro atoms. The number of nitrogens with zero attached hydrogens (tertiary/aromatic N) is 2. The summed E-state index contributed by atoms with van der Waals surface area (Å²) in [6, 6.07) is 23.2. The van der Waals surface area contributed by atoms with Crippen molar-refractivity contribution in [3.8, 4) is 0 Å². The maximum Gasteiger partial charge on any atom is 0.213 e. The van der Waals surface area contributed by atoms with Crippen LogP contribution in [0.2, 0.25) is 0 Å². The molecular weight excluding hydrogens is 420 g/mol. The lowest BCUT2D eigenvalue weighted by atomic mass is 9.78. The third kappa shape index (κ3) is 3.89. The maximum absolute atomic E-state index is 2.79. The standard InChI is InChI=1S/C30H35N2S/c1-21(2)27-18-24(19-29-31-17-9-13-23-12-8-16-28(33-29)30(23)31)25-14-6-7-15-26(25)32(27)20-22-10-4-3-5-11-22/h3-7,10-11,14-15,18-19,21,23,28,30H,8-9,12-13,16-17,20H2,1-2H3/q+1. The minimum Gasteiger partial charge on any atom is -0.362 e. The fraction of sp³-hybridized carbons (Fsp3) is 0.433. The summed E-state index contributed by atoms with van der Waals surface area (Å²) in [5, 5.41) is 3.70. The first-order valence-corrected chi connectivity index (χ1v) is 13.7. The van der Waals surface area contributed by atoms with Crippen LogP contribution < -0.4 is 4.57 Å². The van der Waals surface area contributed by atoms with Gasteiger partial charge < -0.3 is 4.90 Å². The van der Waals surface area contributed by atoms with Gasteiger partial charge in [0.15, 0.2) is 12.2 Å². The van der Waals surface area contributed by atoms with E-state index in [2.05, 4.69) is 102 Å². The van der Waals surface area contributed by atoms with E-state index >= 15 is 0 Å². The molecule has 2 nitrogen and oxygen atoms in total. The summed E-state index contributed by atoms with van der Waals surface area (Å²) < 4.78 is 2.54. The Bertz CT molecular complexity index is 1180. The molecule has 0 bridgehead atoms. The Hall–Kier alpha value is -2.26. The van der Waals surface area contributed by atoms with Crippen molar-refractivity contribution >= 4 is 28.7 Å². The Balaban J connectivity index is 1.47. The number of thioether (sulfide) groups is 1. The van der Waals surface area contributed by atoms with Crippen LogP contribution >= 0.6 is 11.8 Å². The van der Waals surface area contributed by atoms with Crippen LogP contribution in [0.15, 0.2) is 65.7 Å². The van der Waals surface area contributed by atoms with Crippen molar-refractivity contribution < 1.29 is 4.57 Å². The van der Waals surface area contributed by atoms with Gasteiger partial charge in [-0.25, -0.2) is 0 Å². The normalized spacial score (nSPS) is 25.7. The van der Waals surface area contributed by atoms with E-state index in [1.165, 1.54) is 71.4 Å². The van der Waals surface area contributed by atoms with E-state index in [0.717, 1.165) is 23.8 Å². The van der Waals surface area contributed by atoms with Gasteiger partial charge in [0, 0.05) is 41.5 Å². The monoisotopic (exact) mass is 455 g/mol. The van der Waals surface area contributed by atoms with Crippen LogP contribution in [0.4, 0.5) is 0 Å². The zero-order valence-corrected chi connectivity index (χ0v) is 20.7. The van der Waals surface area contributed by atoms with Crippen molar-refractivity contribution in [3.63, 3.8) is 0 Å². The van der Waals surface area contributed by atoms with Crippen molar-refractivity contribution in [1.29, 1.82) is 0 Å². The molecule has 1 aliphatic carbocycles. The second-order valence-electron chi connectivity index (χ2n) is 10.4. The highest BCUT2D eigenvalue weighted by atomic mass is 32.2. The number of hydrogen-bond donors (Lipinski definition) is 0. The molecule has 2 saturated heterocycles. The average Bonchev–Trinajstić information content (AvgIpc) is 3.20. The van der Waals surface area contributed by atoms with Crippen LogP contribution in [-0.4, -0.2) is 22.7 Å². The Morgan fingerprint density at radius 1 is 1.00 bits per heavy atom. The smallest absolute Gasteiger partial charge is 0.213 e. The van der Waals surface area contributed by atoms with Gasteiger partial charge in [0.2, 0.25) is 5.52 Å². The SMILES string of the molecule is CC(C)c1cc(/C=C2\SC3CCCC4CCCN2C43)c2ccccc2[n+]1Cc1ccccc1. The molecule has 0 radical (unpaired) electrons. The van der Waals surface area contributed by atoms with Crippen LogP contribution in [0.3, 0.4) is 0 Å². The molecule has 3 atom stereocenters. The highest BCUT2D eigenvalue weighted by molar-refractivity contribution is 8.04. The molecule has 3 aliphatic rings. The minimum absolute atomic E-state index is 0.466. The summed E-state index contributed by atoms with van der Waals surface area (Å²) >= 11 is 2.18. The quantitative estimate of drug-likeness (QED) is 0.392. The number of benzene rings is 2. The summed E-state index contributed by atoms with van der Waals surface area (Å²) in [6.45, 7) is 6.82. The molecule has 3 unspecified atom stereocenters. The molecule has 170 valence electrons. The largest absolute Gasteiger partial charge is 0.362 e. The van der Waals surface area contributed by atoms with E-state index in [1.54, 1.807) is 0 Å². The first kappa shape index (κ1) is 21.3. The second-order valence-corrected chi connectivity index (χ2v) is 11.7. The Morgan fingerprint density at radius 3 is 2.64 bits per heavy atom. The summed E-state index contributed by atoms with van der Waals surface area (Å²) in [5.74, 6) is 1.39. The number of rotatable bonds is 4. The third-order valence-corrected chi connectivity index (χ3v) is 9.40. The molecule has 3 aromatic rings. The molecule has 33 heavy (non-hydrogen) atoms. The van der Waals surface area contributed by atoms with Crippen LogP contribution in [0, 0.1) is 5.92 Å². The van der Waals surface area contributed by atoms with Crippen LogP contribution in [0.25, 0.3) is 17.0 Å². The van der Waals surface area contributed by atoms with Gasteiger partial charge in [0.1, 0.15) is 0 Å². The highest BCUT2D eigenvalue weighted by Crippen LogP contribution is 2.51. The topological polar surface area (TPSA) is 7.12 Å². The summed E-state index contributed by atoms with van der Waals surface area (Å²) in [7, 11) is 0. The van der Waals surface area contributed by atoms with Gasteiger partial charge in [-0.15, -0.1) is 11.8 Å². The van der Waals surface area contributed by atoms with E-state index in [0.29, 0.717) is 5.92 Å². The van der Waals surface area contributed by atoms with Crippen LogP contribution in [-0.2, 0) is 6.54 Å². The molecule has 0 N–H and O–H groups in total. The zero-order chi connectivity index (χ0) is 22.4. The Kier molecular flexibility index (Phi) is 5.70. The maximum atomic E-state index is 2.79. The molecule has 1 aromatic heterocycles. The number of piperidine rings is 1. The van der Waals surface area contributed by atoms with E-state index in [1.807, 2.05) is 0 Å². The summed E-state index contributed by atoms with van der Waals surface area (Å²) in [4.78, 5) is 2.79. The number of hydrogen-bond acceptors (Lipinski definition) is 2. The second kappa shape index (κ2) is 8.83. The Morgan fingerprint density at radius 2 is 1.79 bits per heavy atom. The van der Waals surface area contributed by atoms with Crippen LogP contribution in [0.5, 0.6) is 0 Å². The predicted molar refractivity (Wildman–Crippen MR) is 140 cm³/mol. The van der Waals surface area contributed by atoms with Crippen molar-refractivity contribution in [2.45, 2.75) is 69.7 Å². The molecule has 3 fully saturated rings. The molecule has 2 aromatic carbocycles. The number of aromatic nitrogens is 1. The van der Waals surface area contributed by atoms with Gasteiger partial charge in [0.05, 0.1) is 10.4 Å². The molecule has 3 heterocycles. The van der Waals surface area contributed by atoms with Crippen molar-refractivity contribution in [2.75, 3.05) is 6.54 Å². The first-order valence-electron chi connectivity index (χ1n) is 12.8. The van der Waals surface area contributed by atoms with Gasteiger partial charge >= 0.3 is 0 Å². The molecule has 2 aliphatic heterocycles. The lowest BCUT2D eigenvalue weighted by Gasteiger charge is -2.42. The minimum atomic E-state index is 0.466. The number of pyridine rings is 1. The zero-order valence-electron chi connectivity index (χ0n) is 19.9. The fourth-order valence-electron chi connectivity index (χ4n) is 6.48. The van der Waals surface area contributed by atoms with Crippen molar-refractivity contribution in [2.24, 2.45) is 5.92 Å². The Labute approximate surface area is 202 Å². The summed E-state index contributed by atoms with van der Waals surface area (Å²) in [5.41, 5.74) is 5.51. The lowest BCUT2D eigenvalue weighted by molar-refractivity contribution is -0.671. The molecular formula is C30H35N2S+.